The van der Waals surface area contributed by atoms with Crippen LogP contribution < -0.4 is 4.74 Å². The molecule has 0 amide bonds. The van der Waals surface area contributed by atoms with Crippen molar-refractivity contribution in [2.75, 3.05) is 0 Å². The molecule has 4 heteroatoms. The van der Waals surface area contributed by atoms with E-state index < -0.39 is 5.97 Å². The predicted molar refractivity (Wildman–Crippen MR) is 77.0 cm³/mol. The van der Waals surface area contributed by atoms with Crippen LogP contribution in [0.4, 0.5) is 0 Å². The van der Waals surface area contributed by atoms with Gasteiger partial charge in [-0.1, -0.05) is 12.1 Å². The van der Waals surface area contributed by atoms with Gasteiger partial charge in [-0.3, -0.25) is 0 Å². The molecule has 20 heavy (non-hydrogen) atoms. The first-order chi connectivity index (χ1) is 9.42. The number of ether oxygens (including phenoxy) is 2. The highest BCUT2D eigenvalue weighted by molar-refractivity contribution is 5.97. The average Bonchev–Trinajstić information content (AvgIpc) is 2.36. The Morgan fingerprint density at radius 3 is 2.20 bits per heavy atom. The van der Waals surface area contributed by atoms with E-state index in [1.54, 1.807) is 38.1 Å². The second-order valence-corrected chi connectivity index (χ2v) is 4.86. The molecule has 0 fully saturated rings. The fourth-order valence-corrected chi connectivity index (χ4v) is 1.50. The topological polar surface area (TPSA) is 59.3 Å². The summed E-state index contributed by atoms with van der Waals surface area (Å²) in [4.78, 5) is 11.7. The summed E-state index contributed by atoms with van der Waals surface area (Å²) in [5, 5.41) is 9.00. The number of carbonyl (C=O) groups is 1. The van der Waals surface area contributed by atoms with Crippen molar-refractivity contribution in [2.24, 2.45) is 0 Å². The van der Waals surface area contributed by atoms with E-state index in [-0.39, 0.29) is 17.8 Å². The van der Waals surface area contributed by atoms with Gasteiger partial charge in [0.15, 0.2) is 0 Å². The summed E-state index contributed by atoms with van der Waals surface area (Å²) < 4.78 is 10.5. The first-order valence-electron chi connectivity index (χ1n) is 6.52. The van der Waals surface area contributed by atoms with Crippen LogP contribution >= 0.6 is 0 Å². The third-order valence-corrected chi connectivity index (χ3v) is 2.25. The van der Waals surface area contributed by atoms with Gasteiger partial charge in [-0.05, 0) is 51.5 Å². The summed E-state index contributed by atoms with van der Waals surface area (Å²) in [5.41, 5.74) is 0.731. The molecule has 0 heterocycles. The number of carbonyl (C=O) groups excluding carboxylic acids is 1. The van der Waals surface area contributed by atoms with Crippen LogP contribution in [0.25, 0.3) is 6.08 Å². The Balaban J connectivity index is 2.86. The van der Waals surface area contributed by atoms with Gasteiger partial charge >= 0.3 is 5.97 Å². The smallest absolute Gasteiger partial charge is 0.349 e. The Morgan fingerprint density at radius 1 is 1.15 bits per heavy atom. The normalized spacial score (nSPS) is 11.3. The summed E-state index contributed by atoms with van der Waals surface area (Å²) in [5.74, 6) is 0.144. The zero-order chi connectivity index (χ0) is 15.1. The number of hydrogen-bond acceptors (Lipinski definition) is 4. The number of benzene rings is 1. The molecule has 106 valence electrons. The van der Waals surface area contributed by atoms with Gasteiger partial charge in [-0.15, -0.1) is 0 Å². The lowest BCUT2D eigenvalue weighted by atomic mass is 10.1. The Morgan fingerprint density at radius 2 is 1.75 bits per heavy atom. The van der Waals surface area contributed by atoms with Crippen LogP contribution in [0.15, 0.2) is 29.8 Å². The summed E-state index contributed by atoms with van der Waals surface area (Å²) in [6, 6.07) is 9.04. The molecule has 0 aliphatic rings. The van der Waals surface area contributed by atoms with E-state index in [0.717, 1.165) is 11.3 Å². The molecule has 1 aromatic rings. The molecule has 0 radical (unpaired) electrons. The van der Waals surface area contributed by atoms with Gasteiger partial charge in [-0.25, -0.2) is 4.79 Å². The molecule has 0 N–H and O–H groups in total. The third-order valence-electron chi connectivity index (χ3n) is 2.25. The number of nitrogens with zero attached hydrogens (tertiary/aromatic N) is 1. The molecule has 0 saturated heterocycles. The Bertz CT molecular complexity index is 522. The minimum absolute atomic E-state index is 0.0174. The lowest BCUT2D eigenvalue weighted by Crippen LogP contribution is -2.12. The van der Waals surface area contributed by atoms with Gasteiger partial charge in [-0.2, -0.15) is 5.26 Å². The zero-order valence-corrected chi connectivity index (χ0v) is 12.2. The maximum absolute atomic E-state index is 11.7. The van der Waals surface area contributed by atoms with E-state index in [2.05, 4.69) is 0 Å². The van der Waals surface area contributed by atoms with Crippen molar-refractivity contribution in [3.63, 3.8) is 0 Å². The van der Waals surface area contributed by atoms with E-state index >= 15 is 0 Å². The number of esters is 1. The van der Waals surface area contributed by atoms with E-state index in [0.29, 0.717) is 0 Å². The van der Waals surface area contributed by atoms with Crippen LogP contribution in [0.2, 0.25) is 0 Å². The molecule has 1 rings (SSSR count). The van der Waals surface area contributed by atoms with Crippen LogP contribution in [0.5, 0.6) is 5.75 Å². The molecular weight excluding hydrogens is 254 g/mol. The van der Waals surface area contributed by atoms with E-state index in [9.17, 15) is 4.79 Å². The molecule has 4 nitrogen and oxygen atoms in total. The van der Waals surface area contributed by atoms with Crippen LogP contribution in [-0.4, -0.2) is 18.2 Å². The molecule has 0 unspecified atom stereocenters. The minimum atomic E-state index is -0.606. The predicted octanol–water partition coefficient (Wildman–Crippen LogP) is 3.33. The van der Waals surface area contributed by atoms with Gasteiger partial charge < -0.3 is 9.47 Å². The van der Waals surface area contributed by atoms with Crippen molar-refractivity contribution < 1.29 is 14.3 Å². The van der Waals surface area contributed by atoms with Crippen LogP contribution in [0.3, 0.4) is 0 Å². The van der Waals surface area contributed by atoms with E-state index in [1.165, 1.54) is 6.08 Å². The van der Waals surface area contributed by atoms with E-state index in [1.807, 2.05) is 19.9 Å². The van der Waals surface area contributed by atoms with Crippen molar-refractivity contribution >= 4 is 12.0 Å². The van der Waals surface area contributed by atoms with Gasteiger partial charge in [0.1, 0.15) is 17.4 Å². The minimum Gasteiger partial charge on any atom is -0.491 e. The monoisotopic (exact) mass is 273 g/mol. The fraction of sp³-hybridized carbons (Fsp3) is 0.375. The van der Waals surface area contributed by atoms with Gasteiger partial charge in [0.25, 0.3) is 0 Å². The molecule has 0 saturated carbocycles. The average molecular weight is 273 g/mol. The first kappa shape index (κ1) is 15.8. The number of rotatable bonds is 5. The summed E-state index contributed by atoms with van der Waals surface area (Å²) in [6.45, 7) is 7.38. The maximum Gasteiger partial charge on any atom is 0.349 e. The highest BCUT2D eigenvalue weighted by Crippen LogP contribution is 2.16. The zero-order valence-electron chi connectivity index (χ0n) is 12.2. The summed E-state index contributed by atoms with van der Waals surface area (Å²) >= 11 is 0. The molecule has 0 aliphatic heterocycles. The van der Waals surface area contributed by atoms with Crippen molar-refractivity contribution in [3.05, 3.63) is 35.4 Å². The van der Waals surface area contributed by atoms with Crippen LogP contribution in [0.1, 0.15) is 33.3 Å². The molecule has 0 spiro atoms. The van der Waals surface area contributed by atoms with Crippen molar-refractivity contribution in [1.82, 2.24) is 0 Å². The standard InChI is InChI=1S/C16H19NO3/c1-11(2)19-15-7-5-13(6-8-15)9-14(10-17)16(18)20-12(3)4/h5-9,11-12H,1-4H3. The van der Waals surface area contributed by atoms with Gasteiger partial charge in [0, 0.05) is 0 Å². The lowest BCUT2D eigenvalue weighted by molar-refractivity contribution is -0.142. The SMILES string of the molecule is CC(C)OC(=O)C(C#N)=Cc1ccc(OC(C)C)cc1. The number of nitriles is 1. The lowest BCUT2D eigenvalue weighted by Gasteiger charge is -2.09. The highest BCUT2D eigenvalue weighted by Gasteiger charge is 2.12. The molecule has 0 bridgehead atoms. The fourth-order valence-electron chi connectivity index (χ4n) is 1.50. The Labute approximate surface area is 119 Å². The Kier molecular flexibility index (Phi) is 5.79. The largest absolute Gasteiger partial charge is 0.491 e. The third kappa shape index (κ3) is 5.15. The maximum atomic E-state index is 11.7. The van der Waals surface area contributed by atoms with Crippen molar-refractivity contribution in [1.29, 1.82) is 5.26 Å². The first-order valence-corrected chi connectivity index (χ1v) is 6.52. The second kappa shape index (κ2) is 7.34. The van der Waals surface area contributed by atoms with Crippen molar-refractivity contribution in [3.8, 4) is 11.8 Å². The van der Waals surface area contributed by atoms with E-state index in [4.69, 9.17) is 14.7 Å². The van der Waals surface area contributed by atoms with Gasteiger partial charge in [0.2, 0.25) is 0 Å². The molecule has 0 aromatic heterocycles. The Hall–Kier alpha value is -2.28. The molecule has 0 aliphatic carbocycles. The van der Waals surface area contributed by atoms with Crippen molar-refractivity contribution in [2.45, 2.75) is 39.9 Å². The highest BCUT2D eigenvalue weighted by atomic mass is 16.5. The second-order valence-electron chi connectivity index (χ2n) is 4.86. The quantitative estimate of drug-likeness (QED) is 0.469. The number of hydrogen-bond donors (Lipinski definition) is 0. The molecular formula is C16H19NO3. The molecule has 0 atom stereocenters. The molecule has 1 aromatic carbocycles. The van der Waals surface area contributed by atoms with Crippen LogP contribution in [-0.2, 0) is 9.53 Å². The summed E-state index contributed by atoms with van der Waals surface area (Å²) in [7, 11) is 0. The summed E-state index contributed by atoms with van der Waals surface area (Å²) in [6.07, 6.45) is 1.36. The van der Waals surface area contributed by atoms with Crippen LogP contribution in [0, 0.1) is 11.3 Å². The van der Waals surface area contributed by atoms with Gasteiger partial charge in [0.05, 0.1) is 12.2 Å².